The summed E-state index contributed by atoms with van der Waals surface area (Å²) < 4.78 is 0. The average Bonchev–Trinajstić information content (AvgIpc) is 2.30. The molecule has 0 unspecified atom stereocenters. The van der Waals surface area contributed by atoms with Crippen molar-refractivity contribution in [3.63, 3.8) is 0 Å². The molecule has 0 aliphatic carbocycles. The van der Waals surface area contributed by atoms with Gasteiger partial charge in [-0.05, 0) is 36.4 Å². The van der Waals surface area contributed by atoms with Crippen LogP contribution in [0.4, 0.5) is 17.1 Å². The number of anilines is 3. The van der Waals surface area contributed by atoms with Crippen molar-refractivity contribution in [3.05, 3.63) is 52.0 Å². The highest BCUT2D eigenvalue weighted by atomic mass is 35.5. The molecule has 18 heavy (non-hydrogen) atoms. The van der Waals surface area contributed by atoms with Crippen molar-refractivity contribution in [1.82, 2.24) is 0 Å². The molecule has 0 heterocycles. The minimum atomic E-state index is 0.528. The van der Waals surface area contributed by atoms with Gasteiger partial charge >= 0.3 is 0 Å². The van der Waals surface area contributed by atoms with Crippen LogP contribution in [0, 0.1) is 11.3 Å². The van der Waals surface area contributed by atoms with Gasteiger partial charge < -0.3 is 11.1 Å². The molecule has 2 aromatic carbocycles. The number of rotatable bonds is 2. The summed E-state index contributed by atoms with van der Waals surface area (Å²) in [6.07, 6.45) is 0. The second kappa shape index (κ2) is 5.18. The van der Waals surface area contributed by atoms with Crippen molar-refractivity contribution in [2.75, 3.05) is 11.1 Å². The van der Waals surface area contributed by atoms with Crippen LogP contribution in [0.3, 0.4) is 0 Å². The lowest BCUT2D eigenvalue weighted by molar-refractivity contribution is 1.47. The maximum Gasteiger partial charge on any atom is 0.0992 e. The zero-order valence-electron chi connectivity index (χ0n) is 9.24. The molecule has 0 atom stereocenters. The van der Waals surface area contributed by atoms with Crippen LogP contribution in [0.25, 0.3) is 0 Å². The van der Waals surface area contributed by atoms with Crippen molar-refractivity contribution >= 4 is 40.3 Å². The van der Waals surface area contributed by atoms with E-state index in [9.17, 15) is 0 Å². The van der Waals surface area contributed by atoms with Crippen LogP contribution in [0.1, 0.15) is 5.56 Å². The first kappa shape index (κ1) is 12.6. The number of hydrogen-bond acceptors (Lipinski definition) is 3. The predicted octanol–water partition coefficient (Wildman–Crippen LogP) is 4.19. The van der Waals surface area contributed by atoms with Gasteiger partial charge in [0.2, 0.25) is 0 Å². The molecular formula is C13H9Cl2N3. The number of benzene rings is 2. The van der Waals surface area contributed by atoms with Crippen LogP contribution < -0.4 is 11.1 Å². The van der Waals surface area contributed by atoms with Crippen LogP contribution >= 0.6 is 23.2 Å². The smallest absolute Gasteiger partial charge is 0.0992 e. The van der Waals surface area contributed by atoms with E-state index in [-0.39, 0.29) is 0 Å². The fourth-order valence-corrected chi connectivity index (χ4v) is 2.04. The Kier molecular flexibility index (Phi) is 3.61. The number of nitrogens with two attached hydrogens (primary N) is 1. The Balaban J connectivity index is 2.36. The second-order valence-electron chi connectivity index (χ2n) is 3.70. The summed E-state index contributed by atoms with van der Waals surface area (Å²) in [5, 5.41) is 13.0. The Morgan fingerprint density at radius 3 is 2.33 bits per heavy atom. The molecule has 0 amide bonds. The van der Waals surface area contributed by atoms with Gasteiger partial charge in [-0.2, -0.15) is 5.26 Å². The highest BCUT2D eigenvalue weighted by Gasteiger charge is 2.03. The third-order valence-corrected chi connectivity index (χ3v) is 2.76. The van der Waals surface area contributed by atoms with Crippen LogP contribution in [0.15, 0.2) is 36.4 Å². The maximum atomic E-state index is 8.85. The summed E-state index contributed by atoms with van der Waals surface area (Å²) in [7, 11) is 0. The fraction of sp³-hybridized carbons (Fsp3) is 0. The molecular weight excluding hydrogens is 269 g/mol. The van der Waals surface area contributed by atoms with Crippen LogP contribution in [0.5, 0.6) is 0 Å². The number of halogens is 2. The number of hydrogen-bond donors (Lipinski definition) is 2. The third kappa shape index (κ3) is 2.86. The van der Waals surface area contributed by atoms with Gasteiger partial charge in [-0.25, -0.2) is 0 Å². The van der Waals surface area contributed by atoms with Crippen molar-refractivity contribution in [2.24, 2.45) is 0 Å². The lowest BCUT2D eigenvalue weighted by Gasteiger charge is -2.10. The standard InChI is InChI=1S/C13H9Cl2N3/c14-9-4-10(15)6-11(5-9)18-13-3-8(7-16)1-2-12(13)17/h1-6,18H,17H2. The Morgan fingerprint density at radius 1 is 1.06 bits per heavy atom. The molecule has 0 bridgehead atoms. The van der Waals surface area contributed by atoms with Gasteiger partial charge in [0.05, 0.1) is 23.0 Å². The molecule has 3 nitrogen and oxygen atoms in total. The van der Waals surface area contributed by atoms with E-state index < -0.39 is 0 Å². The van der Waals surface area contributed by atoms with Crippen LogP contribution in [-0.2, 0) is 0 Å². The first-order valence-electron chi connectivity index (χ1n) is 5.11. The van der Waals surface area contributed by atoms with Gasteiger partial charge in [0, 0.05) is 15.7 Å². The maximum absolute atomic E-state index is 8.85. The molecule has 0 radical (unpaired) electrons. The van der Waals surface area contributed by atoms with Gasteiger partial charge in [0.15, 0.2) is 0 Å². The quantitative estimate of drug-likeness (QED) is 0.809. The Hall–Kier alpha value is -1.89. The van der Waals surface area contributed by atoms with Crippen LogP contribution in [0.2, 0.25) is 10.0 Å². The molecule has 3 N–H and O–H groups in total. The van der Waals surface area contributed by atoms with Crippen molar-refractivity contribution in [2.45, 2.75) is 0 Å². The fourth-order valence-electron chi connectivity index (χ4n) is 1.52. The molecule has 0 saturated carbocycles. The van der Waals surface area contributed by atoms with Crippen molar-refractivity contribution in [3.8, 4) is 6.07 Å². The van der Waals surface area contributed by atoms with Gasteiger partial charge in [-0.1, -0.05) is 23.2 Å². The SMILES string of the molecule is N#Cc1ccc(N)c(Nc2cc(Cl)cc(Cl)c2)c1. The van der Waals surface area contributed by atoms with E-state index in [1.165, 1.54) is 0 Å². The highest BCUT2D eigenvalue weighted by molar-refractivity contribution is 6.35. The zero-order chi connectivity index (χ0) is 13.1. The monoisotopic (exact) mass is 277 g/mol. The van der Waals surface area contributed by atoms with E-state index in [0.717, 1.165) is 0 Å². The lowest BCUT2D eigenvalue weighted by Crippen LogP contribution is -1.97. The summed E-state index contributed by atoms with van der Waals surface area (Å²) >= 11 is 11.8. The summed E-state index contributed by atoms with van der Waals surface area (Å²) in [6.45, 7) is 0. The number of nitrogens with zero attached hydrogens (tertiary/aromatic N) is 1. The number of nitriles is 1. The van der Waals surface area contributed by atoms with Crippen molar-refractivity contribution in [1.29, 1.82) is 5.26 Å². The van der Waals surface area contributed by atoms with Gasteiger partial charge in [0.25, 0.3) is 0 Å². The van der Waals surface area contributed by atoms with E-state index in [2.05, 4.69) is 11.4 Å². The minimum absolute atomic E-state index is 0.528. The molecule has 0 aliphatic rings. The minimum Gasteiger partial charge on any atom is -0.397 e. The van der Waals surface area contributed by atoms with Crippen molar-refractivity contribution < 1.29 is 0 Å². The van der Waals surface area contributed by atoms with E-state index in [1.54, 1.807) is 36.4 Å². The Bertz CT molecular complexity index is 612. The van der Waals surface area contributed by atoms with Gasteiger partial charge in [-0.3, -0.25) is 0 Å². The molecule has 0 fully saturated rings. The molecule has 2 aromatic rings. The first-order valence-corrected chi connectivity index (χ1v) is 5.87. The number of nitrogen functional groups attached to an aromatic ring is 1. The summed E-state index contributed by atoms with van der Waals surface area (Å²) in [6, 6.07) is 12.2. The van der Waals surface area contributed by atoms with E-state index in [0.29, 0.717) is 32.7 Å². The van der Waals surface area contributed by atoms with Crippen LogP contribution in [-0.4, -0.2) is 0 Å². The summed E-state index contributed by atoms with van der Waals surface area (Å²) in [4.78, 5) is 0. The Morgan fingerprint density at radius 2 is 1.72 bits per heavy atom. The summed E-state index contributed by atoms with van der Waals surface area (Å²) in [5.74, 6) is 0. The molecule has 5 heteroatoms. The normalized spacial score (nSPS) is 9.83. The van der Waals surface area contributed by atoms with Gasteiger partial charge in [0.1, 0.15) is 0 Å². The molecule has 0 aromatic heterocycles. The Labute approximate surface area is 115 Å². The average molecular weight is 278 g/mol. The third-order valence-electron chi connectivity index (χ3n) is 2.32. The molecule has 90 valence electrons. The number of nitrogens with one attached hydrogen (secondary N) is 1. The lowest BCUT2D eigenvalue weighted by atomic mass is 10.2. The largest absolute Gasteiger partial charge is 0.397 e. The molecule has 0 aliphatic heterocycles. The summed E-state index contributed by atoms with van der Waals surface area (Å²) in [5.41, 5.74) is 8.27. The molecule has 0 saturated heterocycles. The first-order chi connectivity index (χ1) is 8.58. The predicted molar refractivity (Wildman–Crippen MR) is 75.3 cm³/mol. The zero-order valence-corrected chi connectivity index (χ0v) is 10.8. The van der Waals surface area contributed by atoms with Gasteiger partial charge in [-0.15, -0.1) is 0 Å². The van der Waals surface area contributed by atoms with E-state index in [4.69, 9.17) is 34.2 Å². The van der Waals surface area contributed by atoms with E-state index in [1.807, 2.05) is 0 Å². The second-order valence-corrected chi connectivity index (χ2v) is 4.57. The molecule has 2 rings (SSSR count). The molecule has 0 spiro atoms. The highest BCUT2D eigenvalue weighted by Crippen LogP contribution is 2.28. The van der Waals surface area contributed by atoms with E-state index >= 15 is 0 Å². The topological polar surface area (TPSA) is 61.8 Å².